The number of hydrogen-bond acceptors (Lipinski definition) is 12. The molecule has 65 heavy (non-hydrogen) atoms. The van der Waals surface area contributed by atoms with E-state index in [1.165, 1.54) is 81.0 Å². The quantitative estimate of drug-likeness (QED) is 0.0137. The summed E-state index contributed by atoms with van der Waals surface area (Å²) in [5, 5.41) is 12.2. The van der Waals surface area contributed by atoms with Crippen LogP contribution in [0.3, 0.4) is 0 Å². The average molecular weight is 882 g/mol. The van der Waals surface area contributed by atoms with Crippen molar-refractivity contribution >= 4 is 53.4 Å². The third-order valence-electron chi connectivity index (χ3n) is 10.2. The van der Waals surface area contributed by atoms with Crippen molar-refractivity contribution in [3.63, 3.8) is 0 Å². The van der Waals surface area contributed by atoms with Crippen LogP contribution in [0.2, 0.25) is 0 Å². The molecule has 5 aromatic rings. The van der Waals surface area contributed by atoms with E-state index in [1.807, 2.05) is 0 Å². The number of unbranched alkanes of at least 4 members (excludes halogenated alkanes) is 10. The summed E-state index contributed by atoms with van der Waals surface area (Å²) >= 11 is 0. The average Bonchev–Trinajstić information content (AvgIpc) is 3.32. The van der Waals surface area contributed by atoms with E-state index in [1.54, 1.807) is 85.2 Å². The Morgan fingerprint density at radius 2 is 0.815 bits per heavy atom. The zero-order valence-corrected chi connectivity index (χ0v) is 36.9. The third kappa shape index (κ3) is 16.1. The van der Waals surface area contributed by atoms with E-state index in [-0.39, 0.29) is 23.1 Å². The maximum absolute atomic E-state index is 13.1. The lowest BCUT2D eigenvalue weighted by molar-refractivity contribution is -0.386. The van der Waals surface area contributed by atoms with Gasteiger partial charge in [0.05, 0.1) is 51.8 Å². The fourth-order valence-corrected chi connectivity index (χ4v) is 6.50. The van der Waals surface area contributed by atoms with Crippen LogP contribution < -0.4 is 9.47 Å². The maximum atomic E-state index is 13.1. The Morgan fingerprint density at radius 3 is 1.18 bits per heavy atom. The fourth-order valence-electron chi connectivity index (χ4n) is 6.50. The molecule has 13 heteroatoms. The number of nitrogens with zero attached hydrogens (tertiary/aromatic N) is 3. The molecule has 0 N–H and O–H groups in total. The van der Waals surface area contributed by atoms with Crippen LogP contribution in [0.25, 0.3) is 0 Å². The van der Waals surface area contributed by atoms with Crippen molar-refractivity contribution < 1.29 is 43.0 Å². The molecule has 0 saturated heterocycles. The molecule has 5 aromatic carbocycles. The fraction of sp³-hybridized carbons (Fsp3) is 0.308. The summed E-state index contributed by atoms with van der Waals surface area (Å²) < 4.78 is 21.6. The molecular weight excluding hydrogens is 827 g/mol. The summed E-state index contributed by atoms with van der Waals surface area (Å²) in [6.07, 6.45) is 16.4. The molecule has 0 unspecified atom stereocenters. The number of carbonyl (C=O) groups is 4. The normalized spacial score (nSPS) is 11.1. The largest absolute Gasteiger partial charge is 0.462 e. The monoisotopic (exact) mass is 881 g/mol. The zero-order valence-electron chi connectivity index (χ0n) is 36.9. The highest BCUT2D eigenvalue weighted by Crippen LogP contribution is 2.37. The number of nitro benzene ring substituents is 1. The van der Waals surface area contributed by atoms with E-state index >= 15 is 0 Å². The van der Waals surface area contributed by atoms with Crippen LogP contribution in [0.15, 0.2) is 125 Å². The number of aliphatic imine (C=N–C) groups is 2. The molecular formula is C52H55N3O10. The summed E-state index contributed by atoms with van der Waals surface area (Å²) in [6.45, 7) is 5.13. The lowest BCUT2D eigenvalue weighted by Crippen LogP contribution is -2.12. The number of benzene rings is 5. The smallest absolute Gasteiger partial charge is 0.353 e. The Morgan fingerprint density at radius 1 is 0.477 bits per heavy atom. The van der Waals surface area contributed by atoms with Crippen molar-refractivity contribution in [2.45, 2.75) is 90.9 Å². The molecule has 0 aromatic heterocycles. The Labute approximate surface area is 379 Å². The number of esters is 4. The lowest BCUT2D eigenvalue weighted by atomic mass is 10.1. The van der Waals surface area contributed by atoms with Crippen molar-refractivity contribution in [3.05, 3.63) is 159 Å². The minimum atomic E-state index is -0.867. The van der Waals surface area contributed by atoms with Gasteiger partial charge in [-0.3, -0.25) is 20.1 Å². The molecule has 0 fully saturated rings. The van der Waals surface area contributed by atoms with Gasteiger partial charge in [-0.2, -0.15) is 0 Å². The van der Waals surface area contributed by atoms with Crippen molar-refractivity contribution in [3.8, 4) is 11.5 Å². The van der Waals surface area contributed by atoms with Gasteiger partial charge in [-0.25, -0.2) is 19.2 Å². The van der Waals surface area contributed by atoms with Crippen LogP contribution in [0.1, 0.15) is 143 Å². The Bertz CT molecular complexity index is 2230. The summed E-state index contributed by atoms with van der Waals surface area (Å²) in [7, 11) is 0. The van der Waals surface area contributed by atoms with Crippen molar-refractivity contribution in [1.82, 2.24) is 0 Å². The molecule has 338 valence electrons. The molecule has 0 amide bonds. The highest BCUT2D eigenvalue weighted by atomic mass is 16.6. The first-order valence-corrected chi connectivity index (χ1v) is 22.2. The number of hydrogen-bond donors (Lipinski definition) is 0. The van der Waals surface area contributed by atoms with Gasteiger partial charge in [-0.1, -0.05) is 108 Å². The Hall–Kier alpha value is -7.28. The Kier molecular flexibility index (Phi) is 19.8. The second-order valence-electron chi connectivity index (χ2n) is 15.3. The summed E-state index contributed by atoms with van der Waals surface area (Å²) in [5.74, 6) is -3.30. The minimum Gasteiger partial charge on any atom is -0.462 e. The second kappa shape index (κ2) is 26.4. The molecule has 5 rings (SSSR count). The predicted octanol–water partition coefficient (Wildman–Crippen LogP) is 12.6. The van der Waals surface area contributed by atoms with E-state index in [2.05, 4.69) is 23.8 Å². The molecule has 0 heterocycles. The van der Waals surface area contributed by atoms with Crippen LogP contribution >= 0.6 is 0 Å². The van der Waals surface area contributed by atoms with Gasteiger partial charge in [0.2, 0.25) is 11.5 Å². The van der Waals surface area contributed by atoms with Gasteiger partial charge in [-0.15, -0.1) is 0 Å². The molecule has 0 bridgehead atoms. The predicted molar refractivity (Wildman–Crippen MR) is 251 cm³/mol. The standard InChI is InChI=1S/C52H55N3O10/c1-3-5-7-9-11-13-34-62-49(56)40-26-30-44(31-27-40)53-36-38-18-22-42(23-19-38)51(58)64-46-16-15-17-47(48(46)55(60)61)65-52(59)43-24-20-39(21-25-43)37-54-45-32-28-41(29-33-45)50(57)63-35-14-12-10-8-6-4-2/h15-33,36-37H,3-14,34-35H2,1-2H3. The number of para-hydroxylation sites is 1. The van der Waals surface area contributed by atoms with Gasteiger partial charge >= 0.3 is 29.6 Å². The molecule has 0 spiro atoms. The number of ether oxygens (including phenoxy) is 4. The van der Waals surface area contributed by atoms with Crippen LogP contribution in [-0.2, 0) is 9.47 Å². The van der Waals surface area contributed by atoms with Gasteiger partial charge in [0.15, 0.2) is 0 Å². The summed E-state index contributed by atoms with van der Waals surface area (Å²) in [5.41, 5.74) is 2.94. The van der Waals surface area contributed by atoms with Crippen LogP contribution in [0.5, 0.6) is 11.5 Å². The molecule has 0 aliphatic carbocycles. The van der Waals surface area contributed by atoms with E-state index in [0.717, 1.165) is 38.5 Å². The first-order chi connectivity index (χ1) is 31.6. The molecule has 0 saturated carbocycles. The molecule has 0 aliphatic rings. The SMILES string of the molecule is CCCCCCCCOC(=O)c1ccc(N=Cc2ccc(C(=O)Oc3cccc(OC(=O)c4ccc(C=Nc5ccc(C(=O)OCCCCCCCC)cc5)cc4)c3[N+](=O)[O-])cc2)cc1. The van der Waals surface area contributed by atoms with Crippen molar-refractivity contribution in [2.75, 3.05) is 13.2 Å². The summed E-state index contributed by atoms with van der Waals surface area (Å²) in [6, 6.07) is 29.8. The lowest BCUT2D eigenvalue weighted by Gasteiger charge is -2.09. The highest BCUT2D eigenvalue weighted by Gasteiger charge is 2.27. The van der Waals surface area contributed by atoms with E-state index in [9.17, 15) is 29.3 Å². The number of nitro groups is 1. The molecule has 0 radical (unpaired) electrons. The van der Waals surface area contributed by atoms with Gasteiger partial charge in [-0.05, 0) is 109 Å². The van der Waals surface area contributed by atoms with Gasteiger partial charge in [0.25, 0.3) is 0 Å². The van der Waals surface area contributed by atoms with Gasteiger partial charge < -0.3 is 18.9 Å². The van der Waals surface area contributed by atoms with Crippen LogP contribution in [-0.4, -0.2) is 54.4 Å². The molecule has 0 aliphatic heterocycles. The molecule has 0 atom stereocenters. The van der Waals surface area contributed by atoms with Gasteiger partial charge in [0.1, 0.15) is 0 Å². The first kappa shape index (κ1) is 48.7. The van der Waals surface area contributed by atoms with E-state index < -0.39 is 34.0 Å². The zero-order chi connectivity index (χ0) is 46.2. The van der Waals surface area contributed by atoms with Crippen LogP contribution in [0, 0.1) is 10.1 Å². The van der Waals surface area contributed by atoms with Crippen molar-refractivity contribution in [2.24, 2.45) is 9.98 Å². The maximum Gasteiger partial charge on any atom is 0.353 e. The number of rotatable bonds is 25. The first-order valence-electron chi connectivity index (χ1n) is 22.2. The highest BCUT2D eigenvalue weighted by molar-refractivity contribution is 5.95. The van der Waals surface area contributed by atoms with Crippen LogP contribution in [0.4, 0.5) is 17.1 Å². The topological polar surface area (TPSA) is 173 Å². The number of carbonyl (C=O) groups excluding carboxylic acids is 4. The Balaban J connectivity index is 1.10. The van der Waals surface area contributed by atoms with E-state index in [0.29, 0.717) is 46.8 Å². The second-order valence-corrected chi connectivity index (χ2v) is 15.3. The van der Waals surface area contributed by atoms with Crippen molar-refractivity contribution in [1.29, 1.82) is 0 Å². The minimum absolute atomic E-state index is 0.113. The third-order valence-corrected chi connectivity index (χ3v) is 10.2. The molecule has 13 nitrogen and oxygen atoms in total. The summed E-state index contributed by atoms with van der Waals surface area (Å²) in [4.78, 5) is 71.2. The van der Waals surface area contributed by atoms with Gasteiger partial charge in [0, 0.05) is 12.4 Å². The van der Waals surface area contributed by atoms with E-state index in [4.69, 9.17) is 18.9 Å².